The number of carbonyl (C=O) groups excluding carboxylic acids is 2. The second kappa shape index (κ2) is 7.06. The number of Topliss-reactive ketones (excluding diaryl/α,β-unsaturated/α-hetero) is 1. The maximum atomic E-state index is 12.1. The number of ketones is 1. The van der Waals surface area contributed by atoms with Gasteiger partial charge in [0.2, 0.25) is 0 Å². The fourth-order valence-electron chi connectivity index (χ4n) is 1.69. The smallest absolute Gasteiger partial charge is 0.408 e. The Kier molecular flexibility index (Phi) is 5.68. The zero-order valence-corrected chi connectivity index (χ0v) is 13.2. The molecule has 22 heavy (non-hydrogen) atoms. The zero-order valence-electron chi connectivity index (χ0n) is 13.2. The van der Waals surface area contributed by atoms with E-state index in [4.69, 9.17) is 9.84 Å². The largest absolute Gasteiger partial charge is 0.480 e. The van der Waals surface area contributed by atoms with E-state index in [1.807, 2.05) is 6.92 Å². The number of hydrogen-bond donors (Lipinski definition) is 2. The molecule has 1 unspecified atom stereocenters. The Labute approximate surface area is 129 Å². The summed E-state index contributed by atoms with van der Waals surface area (Å²) >= 11 is 0. The van der Waals surface area contributed by atoms with Crippen molar-refractivity contribution in [3.8, 4) is 0 Å². The van der Waals surface area contributed by atoms with Crippen LogP contribution in [0, 0.1) is 6.92 Å². The highest BCUT2D eigenvalue weighted by Crippen LogP contribution is 2.10. The molecular formula is C16H21NO5. The molecule has 0 aromatic heterocycles. The highest BCUT2D eigenvalue weighted by molar-refractivity contribution is 5.99. The molecular weight excluding hydrogens is 286 g/mol. The Hall–Kier alpha value is -2.37. The minimum absolute atomic E-state index is 0.336. The molecule has 0 bridgehead atoms. The van der Waals surface area contributed by atoms with Gasteiger partial charge in [0.05, 0.1) is 0 Å². The van der Waals surface area contributed by atoms with Gasteiger partial charge in [-0.25, -0.2) is 9.59 Å². The van der Waals surface area contributed by atoms with Gasteiger partial charge in [0.25, 0.3) is 0 Å². The quantitative estimate of drug-likeness (QED) is 0.815. The van der Waals surface area contributed by atoms with Crippen LogP contribution < -0.4 is 5.32 Å². The Morgan fingerprint density at radius 3 is 2.18 bits per heavy atom. The molecule has 0 radical (unpaired) electrons. The standard InChI is InChI=1S/C16H21NO5/c1-10-5-7-11(8-6-10)13(18)9-12(14(19)20)17-15(21)22-16(2,3)4/h5-8,12H,9H2,1-4H3,(H,17,21)(H,19,20). The molecule has 1 rings (SSSR count). The number of carboxylic acid groups (broad SMARTS) is 1. The molecule has 1 atom stereocenters. The summed E-state index contributed by atoms with van der Waals surface area (Å²) in [5.41, 5.74) is 0.662. The second-order valence-corrected chi connectivity index (χ2v) is 6.03. The van der Waals surface area contributed by atoms with E-state index in [1.165, 1.54) is 0 Å². The average molecular weight is 307 g/mol. The first-order valence-electron chi connectivity index (χ1n) is 6.90. The van der Waals surface area contributed by atoms with Crippen LogP contribution >= 0.6 is 0 Å². The van der Waals surface area contributed by atoms with E-state index in [9.17, 15) is 14.4 Å². The Balaban J connectivity index is 2.72. The maximum Gasteiger partial charge on any atom is 0.408 e. The first-order valence-corrected chi connectivity index (χ1v) is 6.90. The first-order chi connectivity index (χ1) is 10.1. The molecule has 1 amide bonds. The molecule has 0 aliphatic carbocycles. The highest BCUT2D eigenvalue weighted by atomic mass is 16.6. The van der Waals surface area contributed by atoms with Crippen molar-refractivity contribution in [1.29, 1.82) is 0 Å². The minimum atomic E-state index is -1.33. The molecule has 0 saturated carbocycles. The van der Waals surface area contributed by atoms with Crippen molar-refractivity contribution in [2.75, 3.05) is 0 Å². The van der Waals surface area contributed by atoms with Crippen molar-refractivity contribution >= 4 is 17.8 Å². The molecule has 120 valence electrons. The molecule has 0 saturated heterocycles. The van der Waals surface area contributed by atoms with Gasteiger partial charge in [-0.3, -0.25) is 4.79 Å². The first kappa shape index (κ1) is 17.7. The molecule has 6 heteroatoms. The molecule has 0 spiro atoms. The number of hydrogen-bond acceptors (Lipinski definition) is 4. The van der Waals surface area contributed by atoms with Crippen molar-refractivity contribution in [2.24, 2.45) is 0 Å². The van der Waals surface area contributed by atoms with E-state index in [0.29, 0.717) is 5.56 Å². The average Bonchev–Trinajstić information content (AvgIpc) is 2.36. The molecule has 0 aliphatic heterocycles. The lowest BCUT2D eigenvalue weighted by Crippen LogP contribution is -2.44. The van der Waals surface area contributed by atoms with Gasteiger partial charge in [-0.15, -0.1) is 0 Å². The molecule has 2 N–H and O–H groups in total. The zero-order chi connectivity index (χ0) is 16.9. The Bertz CT molecular complexity index is 557. The monoisotopic (exact) mass is 307 g/mol. The van der Waals surface area contributed by atoms with Crippen LogP contribution in [-0.4, -0.2) is 34.6 Å². The SMILES string of the molecule is Cc1ccc(C(=O)CC(NC(=O)OC(C)(C)C)C(=O)O)cc1. The fourth-order valence-corrected chi connectivity index (χ4v) is 1.69. The van der Waals surface area contributed by atoms with Gasteiger partial charge in [0, 0.05) is 12.0 Å². The third-order valence-electron chi connectivity index (χ3n) is 2.75. The summed E-state index contributed by atoms with van der Waals surface area (Å²) in [7, 11) is 0. The number of ether oxygens (including phenoxy) is 1. The fraction of sp³-hybridized carbons (Fsp3) is 0.438. The van der Waals surface area contributed by atoms with Crippen molar-refractivity contribution in [3.05, 3.63) is 35.4 Å². The van der Waals surface area contributed by atoms with Crippen LogP contribution in [0.25, 0.3) is 0 Å². The van der Waals surface area contributed by atoms with Gasteiger partial charge in [-0.05, 0) is 27.7 Å². The van der Waals surface area contributed by atoms with Gasteiger partial charge in [-0.1, -0.05) is 29.8 Å². The third-order valence-corrected chi connectivity index (χ3v) is 2.75. The second-order valence-electron chi connectivity index (χ2n) is 6.03. The van der Waals surface area contributed by atoms with Gasteiger partial charge in [0.1, 0.15) is 11.6 Å². The van der Waals surface area contributed by atoms with Crippen LogP contribution in [-0.2, 0) is 9.53 Å². The number of nitrogens with one attached hydrogen (secondary N) is 1. The van der Waals surface area contributed by atoms with Crippen LogP contribution in [0.5, 0.6) is 0 Å². The van der Waals surface area contributed by atoms with E-state index in [-0.39, 0.29) is 12.2 Å². The van der Waals surface area contributed by atoms with Crippen molar-refractivity contribution in [1.82, 2.24) is 5.32 Å². The number of carboxylic acids is 1. The molecule has 1 aromatic rings. The summed E-state index contributed by atoms with van der Waals surface area (Å²) in [6.45, 7) is 6.89. The summed E-state index contributed by atoms with van der Waals surface area (Å²) in [6.07, 6.45) is -1.20. The maximum absolute atomic E-state index is 12.1. The van der Waals surface area contributed by atoms with E-state index in [0.717, 1.165) is 5.56 Å². The summed E-state index contributed by atoms with van der Waals surface area (Å²) in [5, 5.41) is 11.3. The number of aryl methyl sites for hydroxylation is 1. The van der Waals surface area contributed by atoms with Crippen LogP contribution in [0.1, 0.15) is 43.1 Å². The van der Waals surface area contributed by atoms with Crippen molar-refractivity contribution < 1.29 is 24.2 Å². The van der Waals surface area contributed by atoms with Gasteiger partial charge in [0.15, 0.2) is 5.78 Å². The number of rotatable bonds is 5. The normalized spacial score (nSPS) is 12.4. The lowest BCUT2D eigenvalue weighted by Gasteiger charge is -2.21. The lowest BCUT2D eigenvalue weighted by molar-refractivity contribution is -0.139. The Morgan fingerprint density at radius 2 is 1.73 bits per heavy atom. The van der Waals surface area contributed by atoms with Gasteiger partial charge in [-0.2, -0.15) is 0 Å². The number of aliphatic carboxylic acids is 1. The number of amides is 1. The van der Waals surface area contributed by atoms with Crippen molar-refractivity contribution in [2.45, 2.75) is 45.8 Å². The molecule has 0 aliphatic rings. The predicted molar refractivity (Wildman–Crippen MR) is 80.9 cm³/mol. The highest BCUT2D eigenvalue weighted by Gasteiger charge is 2.26. The number of carbonyl (C=O) groups is 3. The lowest BCUT2D eigenvalue weighted by atomic mass is 10.0. The summed E-state index contributed by atoms with van der Waals surface area (Å²) in [5.74, 6) is -1.64. The number of benzene rings is 1. The van der Waals surface area contributed by atoms with E-state index < -0.39 is 23.7 Å². The van der Waals surface area contributed by atoms with E-state index >= 15 is 0 Å². The molecule has 0 fully saturated rings. The minimum Gasteiger partial charge on any atom is -0.480 e. The molecule has 0 heterocycles. The predicted octanol–water partition coefficient (Wildman–Crippen LogP) is 2.55. The van der Waals surface area contributed by atoms with Crippen LogP contribution in [0.15, 0.2) is 24.3 Å². The summed E-state index contributed by atoms with van der Waals surface area (Å²) in [4.78, 5) is 34.9. The van der Waals surface area contributed by atoms with Crippen LogP contribution in [0.4, 0.5) is 4.79 Å². The van der Waals surface area contributed by atoms with E-state index in [2.05, 4.69) is 5.32 Å². The third kappa shape index (κ3) is 5.95. The molecule has 1 aromatic carbocycles. The number of alkyl carbamates (subject to hydrolysis) is 1. The van der Waals surface area contributed by atoms with Crippen LogP contribution in [0.2, 0.25) is 0 Å². The molecule has 6 nitrogen and oxygen atoms in total. The summed E-state index contributed by atoms with van der Waals surface area (Å²) in [6, 6.07) is 5.46. The van der Waals surface area contributed by atoms with Gasteiger partial charge >= 0.3 is 12.1 Å². The van der Waals surface area contributed by atoms with Crippen LogP contribution in [0.3, 0.4) is 0 Å². The van der Waals surface area contributed by atoms with E-state index in [1.54, 1.807) is 45.0 Å². The van der Waals surface area contributed by atoms with Gasteiger partial charge < -0.3 is 15.2 Å². The summed E-state index contributed by atoms with van der Waals surface area (Å²) < 4.78 is 5.00. The Morgan fingerprint density at radius 1 is 1.18 bits per heavy atom. The van der Waals surface area contributed by atoms with Crippen molar-refractivity contribution in [3.63, 3.8) is 0 Å². The topological polar surface area (TPSA) is 92.7 Å².